The number of carbonyl (C=O) groups excluding carboxylic acids is 1. The number of aromatic amines is 1. The number of benzene rings is 1. The molecule has 4 aromatic rings. The summed E-state index contributed by atoms with van der Waals surface area (Å²) in [4.78, 5) is 28.1. The number of hydrogen-bond acceptors (Lipinski definition) is 5. The molecule has 0 spiro atoms. The average molecular weight is 376 g/mol. The third kappa shape index (κ3) is 3.45. The smallest absolute Gasteiger partial charge is 0.239 e. The zero-order chi connectivity index (χ0) is 19.5. The first kappa shape index (κ1) is 17.7. The van der Waals surface area contributed by atoms with E-state index in [0.29, 0.717) is 17.0 Å². The van der Waals surface area contributed by atoms with E-state index in [1.54, 1.807) is 43.8 Å². The van der Waals surface area contributed by atoms with Crippen molar-refractivity contribution in [2.24, 2.45) is 0 Å². The Morgan fingerprint density at radius 1 is 1.04 bits per heavy atom. The maximum Gasteiger partial charge on any atom is 0.239 e. The lowest BCUT2D eigenvalue weighted by Gasteiger charge is -2.08. The summed E-state index contributed by atoms with van der Waals surface area (Å²) in [6.45, 7) is 0.187. The van der Waals surface area contributed by atoms with Gasteiger partial charge in [-0.2, -0.15) is 0 Å². The van der Waals surface area contributed by atoms with Crippen molar-refractivity contribution in [1.82, 2.24) is 25.3 Å². The fourth-order valence-corrected chi connectivity index (χ4v) is 3.03. The molecule has 0 saturated heterocycles. The van der Waals surface area contributed by atoms with Crippen LogP contribution in [0.3, 0.4) is 0 Å². The molecular weight excluding hydrogens is 359 g/mol. The zero-order valence-electron chi connectivity index (χ0n) is 15.0. The molecule has 0 unspecified atom stereocenters. The van der Waals surface area contributed by atoms with Gasteiger partial charge in [-0.1, -0.05) is 12.1 Å². The number of pyridine rings is 1. The molecule has 0 radical (unpaired) electrons. The number of aromatic nitrogens is 4. The molecule has 140 valence electrons. The Morgan fingerprint density at radius 2 is 1.82 bits per heavy atom. The number of carbonyl (C=O) groups is 1. The zero-order valence-corrected chi connectivity index (χ0v) is 15.0. The molecule has 8 heteroatoms. The van der Waals surface area contributed by atoms with Gasteiger partial charge in [-0.3, -0.25) is 9.78 Å². The summed E-state index contributed by atoms with van der Waals surface area (Å²) >= 11 is 0. The van der Waals surface area contributed by atoms with Crippen molar-refractivity contribution >= 4 is 22.9 Å². The van der Waals surface area contributed by atoms with E-state index in [4.69, 9.17) is 0 Å². The molecule has 0 aliphatic carbocycles. The van der Waals surface area contributed by atoms with Gasteiger partial charge >= 0.3 is 0 Å². The fraction of sp³-hybridized carbons (Fsp3) is 0.100. The quantitative estimate of drug-likeness (QED) is 0.498. The van der Waals surface area contributed by atoms with E-state index in [1.807, 2.05) is 6.07 Å². The van der Waals surface area contributed by atoms with Crippen LogP contribution in [0.1, 0.15) is 0 Å². The molecule has 0 aliphatic heterocycles. The van der Waals surface area contributed by atoms with Crippen LogP contribution in [0.2, 0.25) is 0 Å². The SMILES string of the molecule is CNCC(=O)Nc1cc(-c2[nH]c3nccnc3c2-c2ccc(F)cc2)ccn1. The normalized spacial score (nSPS) is 10.9. The molecule has 0 bridgehead atoms. The maximum atomic E-state index is 13.4. The summed E-state index contributed by atoms with van der Waals surface area (Å²) in [5, 5.41) is 5.54. The van der Waals surface area contributed by atoms with Crippen molar-refractivity contribution in [3.05, 3.63) is 60.8 Å². The van der Waals surface area contributed by atoms with Gasteiger partial charge in [0.05, 0.1) is 12.2 Å². The van der Waals surface area contributed by atoms with Gasteiger partial charge < -0.3 is 15.6 Å². The largest absolute Gasteiger partial charge is 0.337 e. The highest BCUT2D eigenvalue weighted by atomic mass is 19.1. The van der Waals surface area contributed by atoms with E-state index in [2.05, 4.69) is 30.6 Å². The molecule has 3 aromatic heterocycles. The lowest BCUT2D eigenvalue weighted by molar-refractivity contribution is -0.115. The van der Waals surface area contributed by atoms with Crippen molar-refractivity contribution in [1.29, 1.82) is 0 Å². The van der Waals surface area contributed by atoms with Gasteiger partial charge in [-0.05, 0) is 36.9 Å². The Morgan fingerprint density at radius 3 is 2.61 bits per heavy atom. The number of rotatable bonds is 5. The first-order valence-electron chi connectivity index (χ1n) is 8.65. The summed E-state index contributed by atoms with van der Waals surface area (Å²) in [6, 6.07) is 9.81. The second kappa shape index (κ2) is 7.53. The lowest BCUT2D eigenvalue weighted by Crippen LogP contribution is -2.25. The van der Waals surface area contributed by atoms with Crippen LogP contribution in [0.15, 0.2) is 55.0 Å². The molecule has 0 fully saturated rings. The Hall–Kier alpha value is -3.65. The van der Waals surface area contributed by atoms with Gasteiger partial charge in [0.1, 0.15) is 17.2 Å². The van der Waals surface area contributed by atoms with Crippen molar-refractivity contribution < 1.29 is 9.18 Å². The maximum absolute atomic E-state index is 13.4. The third-order valence-corrected chi connectivity index (χ3v) is 4.21. The predicted octanol–water partition coefficient (Wildman–Crippen LogP) is 2.98. The van der Waals surface area contributed by atoms with Crippen molar-refractivity contribution in [2.45, 2.75) is 0 Å². The Balaban J connectivity index is 1.84. The van der Waals surface area contributed by atoms with E-state index in [0.717, 1.165) is 22.4 Å². The minimum atomic E-state index is -0.310. The molecule has 3 N–H and O–H groups in total. The number of nitrogens with one attached hydrogen (secondary N) is 3. The van der Waals surface area contributed by atoms with Gasteiger partial charge in [0.15, 0.2) is 5.65 Å². The highest BCUT2D eigenvalue weighted by Crippen LogP contribution is 2.37. The number of amides is 1. The number of nitrogens with zero attached hydrogens (tertiary/aromatic N) is 3. The molecular formula is C20H17FN6O. The predicted molar refractivity (Wildman–Crippen MR) is 105 cm³/mol. The number of hydrogen-bond donors (Lipinski definition) is 3. The van der Waals surface area contributed by atoms with Gasteiger partial charge in [0.2, 0.25) is 5.91 Å². The van der Waals surface area contributed by atoms with Gasteiger partial charge in [0.25, 0.3) is 0 Å². The summed E-state index contributed by atoms with van der Waals surface area (Å²) in [7, 11) is 1.70. The molecule has 7 nitrogen and oxygen atoms in total. The van der Waals surface area contributed by atoms with Crippen LogP contribution >= 0.6 is 0 Å². The summed E-state index contributed by atoms with van der Waals surface area (Å²) in [5.41, 5.74) is 4.48. The topological polar surface area (TPSA) is 95.6 Å². The van der Waals surface area contributed by atoms with Crippen LogP contribution in [0.25, 0.3) is 33.5 Å². The van der Waals surface area contributed by atoms with Crippen LogP contribution in [-0.4, -0.2) is 39.4 Å². The Kier molecular flexibility index (Phi) is 4.77. The molecule has 0 saturated carbocycles. The molecule has 28 heavy (non-hydrogen) atoms. The number of likely N-dealkylation sites (N-methyl/N-ethyl adjacent to an activating group) is 1. The summed E-state index contributed by atoms with van der Waals surface area (Å²) in [6.07, 6.45) is 4.83. The number of halogens is 1. The fourth-order valence-electron chi connectivity index (χ4n) is 3.03. The Labute approximate surface area is 160 Å². The van der Waals surface area contributed by atoms with Gasteiger partial charge in [-0.15, -0.1) is 0 Å². The lowest BCUT2D eigenvalue weighted by atomic mass is 10.0. The van der Waals surface area contributed by atoms with E-state index in [1.165, 1.54) is 12.1 Å². The van der Waals surface area contributed by atoms with E-state index in [9.17, 15) is 9.18 Å². The first-order chi connectivity index (χ1) is 13.7. The number of anilines is 1. The minimum absolute atomic E-state index is 0.187. The summed E-state index contributed by atoms with van der Waals surface area (Å²) in [5.74, 6) is -0.0667. The minimum Gasteiger partial charge on any atom is -0.337 e. The number of fused-ring (bicyclic) bond motifs is 1. The first-order valence-corrected chi connectivity index (χ1v) is 8.65. The molecule has 1 aromatic carbocycles. The van der Waals surface area contributed by atoms with Crippen LogP contribution in [0.4, 0.5) is 10.2 Å². The molecule has 3 heterocycles. The van der Waals surface area contributed by atoms with Crippen LogP contribution in [-0.2, 0) is 4.79 Å². The van der Waals surface area contributed by atoms with Gasteiger partial charge in [0, 0.05) is 29.7 Å². The second-order valence-electron chi connectivity index (χ2n) is 6.14. The van der Waals surface area contributed by atoms with E-state index in [-0.39, 0.29) is 18.3 Å². The average Bonchev–Trinajstić information content (AvgIpc) is 3.09. The molecule has 0 aliphatic rings. The van der Waals surface area contributed by atoms with Crippen molar-refractivity contribution in [2.75, 3.05) is 18.9 Å². The van der Waals surface area contributed by atoms with Gasteiger partial charge in [-0.25, -0.2) is 14.4 Å². The monoisotopic (exact) mass is 376 g/mol. The third-order valence-electron chi connectivity index (χ3n) is 4.21. The van der Waals surface area contributed by atoms with Crippen LogP contribution < -0.4 is 10.6 Å². The van der Waals surface area contributed by atoms with E-state index >= 15 is 0 Å². The summed E-state index contributed by atoms with van der Waals surface area (Å²) < 4.78 is 13.4. The highest BCUT2D eigenvalue weighted by molar-refractivity contribution is 6.00. The van der Waals surface area contributed by atoms with Crippen molar-refractivity contribution in [3.8, 4) is 22.4 Å². The second-order valence-corrected chi connectivity index (χ2v) is 6.14. The van der Waals surface area contributed by atoms with E-state index < -0.39 is 0 Å². The molecule has 1 amide bonds. The molecule has 4 rings (SSSR count). The van der Waals surface area contributed by atoms with Crippen molar-refractivity contribution in [3.63, 3.8) is 0 Å². The molecule has 0 atom stereocenters. The van der Waals surface area contributed by atoms with Crippen LogP contribution in [0, 0.1) is 5.82 Å². The highest BCUT2D eigenvalue weighted by Gasteiger charge is 2.17. The number of H-pyrrole nitrogens is 1. The standard InChI is InChI=1S/C20H17FN6O/c1-22-11-16(28)26-15-10-13(6-7-23-15)18-17(12-2-4-14(21)5-3-12)19-20(27-18)25-9-8-24-19/h2-10,22H,11H2,1H3,(H,25,27)(H,23,26,28). The van der Waals surface area contributed by atoms with Crippen LogP contribution in [0.5, 0.6) is 0 Å². The Bertz CT molecular complexity index is 1140.